The normalized spacial score (nSPS) is 26.8. The molecule has 1 aliphatic carbocycles. The molecule has 174 valence electrons. The summed E-state index contributed by atoms with van der Waals surface area (Å²) in [6.07, 6.45) is 4.79. The smallest absolute Gasteiger partial charge is 0.251 e. The number of ether oxygens (including phenoxy) is 1. The maximum Gasteiger partial charge on any atom is 0.251 e. The minimum atomic E-state index is -0.225. The maximum absolute atomic E-state index is 14.6. The second-order valence-electron chi connectivity index (χ2n) is 9.78. The van der Waals surface area contributed by atoms with E-state index in [-0.39, 0.29) is 24.0 Å². The highest BCUT2D eigenvalue weighted by molar-refractivity contribution is 5.81. The van der Waals surface area contributed by atoms with Crippen molar-refractivity contribution in [1.29, 1.82) is 0 Å². The molecule has 0 aromatic heterocycles. The topological polar surface area (TPSA) is 77.7 Å². The van der Waals surface area contributed by atoms with Gasteiger partial charge in [-0.3, -0.25) is 4.79 Å². The average Bonchev–Trinajstić information content (AvgIpc) is 3.28. The van der Waals surface area contributed by atoms with E-state index in [1.54, 1.807) is 6.07 Å². The molecule has 4 fully saturated rings. The van der Waals surface area contributed by atoms with Crippen LogP contribution in [0.25, 0.3) is 11.1 Å². The summed E-state index contributed by atoms with van der Waals surface area (Å²) in [5.74, 6) is 0.492. The Bertz CT molecular complexity index is 1030. The molecule has 33 heavy (non-hydrogen) atoms. The Hall–Kier alpha value is -2.36. The average molecular weight is 452 g/mol. The number of amides is 1. The van der Waals surface area contributed by atoms with E-state index in [1.807, 2.05) is 23.1 Å². The molecule has 1 saturated carbocycles. The standard InChI is InChI=1S/C25H30FN5O2/c26-21-8-7-18(23-27-29-30-28-23)14-19(21)16-3-5-17(6-4-16)20-15-25(20)9-11-31(12-10-25)24(32)22-2-1-13-33-22/h3-8,14,20,22-23,27-30H,1-2,9-13,15H2/t20-,22-/m1/s1. The summed E-state index contributed by atoms with van der Waals surface area (Å²) in [5.41, 5.74) is 15.7. The van der Waals surface area contributed by atoms with Gasteiger partial charge < -0.3 is 9.64 Å². The van der Waals surface area contributed by atoms with Gasteiger partial charge in [-0.1, -0.05) is 30.3 Å². The molecule has 4 aliphatic rings. The summed E-state index contributed by atoms with van der Waals surface area (Å²) < 4.78 is 20.2. The molecule has 0 unspecified atom stereocenters. The minimum Gasteiger partial charge on any atom is -0.368 e. The summed E-state index contributed by atoms with van der Waals surface area (Å²) in [6.45, 7) is 2.37. The molecule has 1 amide bonds. The summed E-state index contributed by atoms with van der Waals surface area (Å²) in [7, 11) is 0. The second kappa shape index (κ2) is 8.45. The molecule has 7 nitrogen and oxygen atoms in total. The fraction of sp³-hybridized carbons (Fsp3) is 0.480. The molecule has 1 spiro atoms. The van der Waals surface area contributed by atoms with Gasteiger partial charge in [0.05, 0.1) is 0 Å². The van der Waals surface area contributed by atoms with Crippen molar-refractivity contribution in [2.45, 2.75) is 50.3 Å². The third-order valence-electron chi connectivity index (χ3n) is 7.91. The van der Waals surface area contributed by atoms with E-state index in [0.29, 0.717) is 23.5 Å². The number of rotatable bonds is 4. The van der Waals surface area contributed by atoms with Crippen LogP contribution in [-0.4, -0.2) is 36.6 Å². The van der Waals surface area contributed by atoms with E-state index in [4.69, 9.17) is 4.74 Å². The lowest BCUT2D eigenvalue weighted by Crippen LogP contribution is -2.44. The Morgan fingerprint density at radius 2 is 1.76 bits per heavy atom. The van der Waals surface area contributed by atoms with E-state index in [0.717, 1.165) is 49.9 Å². The number of nitrogens with zero attached hydrogens (tertiary/aromatic N) is 1. The first-order valence-electron chi connectivity index (χ1n) is 11.9. The van der Waals surface area contributed by atoms with Crippen molar-refractivity contribution in [3.05, 3.63) is 59.4 Å². The zero-order valence-corrected chi connectivity index (χ0v) is 18.6. The monoisotopic (exact) mass is 451 g/mol. The molecule has 2 atom stereocenters. The Kier molecular flexibility index (Phi) is 5.43. The number of hydrogen-bond donors (Lipinski definition) is 4. The van der Waals surface area contributed by atoms with Gasteiger partial charge >= 0.3 is 0 Å². The van der Waals surface area contributed by atoms with Crippen LogP contribution < -0.4 is 21.9 Å². The van der Waals surface area contributed by atoms with E-state index >= 15 is 0 Å². The molecule has 3 aliphatic heterocycles. The Morgan fingerprint density at radius 1 is 1.03 bits per heavy atom. The first kappa shape index (κ1) is 21.2. The van der Waals surface area contributed by atoms with Gasteiger partial charge in [-0.05, 0) is 72.3 Å². The van der Waals surface area contributed by atoms with E-state index in [1.165, 1.54) is 18.1 Å². The number of hydrazine groups is 3. The fourth-order valence-corrected chi connectivity index (χ4v) is 5.78. The lowest BCUT2D eigenvalue weighted by Gasteiger charge is -2.34. The van der Waals surface area contributed by atoms with Crippen LogP contribution in [0, 0.1) is 11.2 Å². The van der Waals surface area contributed by atoms with Crippen LogP contribution in [0.1, 0.15) is 55.3 Å². The lowest BCUT2D eigenvalue weighted by atomic mass is 9.88. The van der Waals surface area contributed by atoms with Crippen LogP contribution in [0.15, 0.2) is 42.5 Å². The van der Waals surface area contributed by atoms with Gasteiger partial charge in [0.25, 0.3) is 5.91 Å². The predicted molar refractivity (Wildman–Crippen MR) is 122 cm³/mol. The molecule has 4 N–H and O–H groups in total. The third kappa shape index (κ3) is 3.96. The molecular weight excluding hydrogens is 421 g/mol. The summed E-state index contributed by atoms with van der Waals surface area (Å²) in [5, 5.41) is 0. The van der Waals surface area contributed by atoms with Crippen LogP contribution in [0.3, 0.4) is 0 Å². The highest BCUT2D eigenvalue weighted by atomic mass is 19.1. The number of carbonyl (C=O) groups excluding carboxylic acids is 1. The molecule has 8 heteroatoms. The highest BCUT2D eigenvalue weighted by Crippen LogP contribution is 2.65. The number of hydrogen-bond acceptors (Lipinski definition) is 6. The Balaban J connectivity index is 1.12. The minimum absolute atomic E-state index is 0.132. The summed E-state index contributed by atoms with van der Waals surface area (Å²) in [6, 6.07) is 13.5. The molecule has 0 radical (unpaired) electrons. The number of halogens is 1. The van der Waals surface area contributed by atoms with Gasteiger partial charge in [0, 0.05) is 25.3 Å². The number of nitrogens with one attached hydrogen (secondary N) is 4. The molecule has 2 aromatic carbocycles. The van der Waals surface area contributed by atoms with Gasteiger partial charge in [-0.2, -0.15) is 11.1 Å². The molecule has 6 rings (SSSR count). The number of piperidine rings is 1. The van der Waals surface area contributed by atoms with Crippen molar-refractivity contribution in [3.63, 3.8) is 0 Å². The second-order valence-corrected chi connectivity index (χ2v) is 9.78. The van der Waals surface area contributed by atoms with E-state index < -0.39 is 0 Å². The summed E-state index contributed by atoms with van der Waals surface area (Å²) in [4.78, 5) is 14.7. The lowest BCUT2D eigenvalue weighted by molar-refractivity contribution is -0.142. The van der Waals surface area contributed by atoms with Crippen molar-refractivity contribution in [1.82, 2.24) is 26.8 Å². The first-order valence-corrected chi connectivity index (χ1v) is 11.9. The zero-order chi connectivity index (χ0) is 22.4. The molecule has 0 bridgehead atoms. The van der Waals surface area contributed by atoms with Crippen molar-refractivity contribution in [2.75, 3.05) is 19.7 Å². The zero-order valence-electron chi connectivity index (χ0n) is 18.6. The van der Waals surface area contributed by atoms with Crippen LogP contribution in [0.5, 0.6) is 0 Å². The third-order valence-corrected chi connectivity index (χ3v) is 7.91. The van der Waals surface area contributed by atoms with Crippen molar-refractivity contribution < 1.29 is 13.9 Å². The van der Waals surface area contributed by atoms with Gasteiger partial charge in [-0.25, -0.2) is 15.2 Å². The van der Waals surface area contributed by atoms with Crippen LogP contribution in [0.2, 0.25) is 0 Å². The Labute approximate surface area is 193 Å². The van der Waals surface area contributed by atoms with Gasteiger partial charge in [0.15, 0.2) is 0 Å². The van der Waals surface area contributed by atoms with Crippen molar-refractivity contribution >= 4 is 5.91 Å². The first-order chi connectivity index (χ1) is 16.1. The fourth-order valence-electron chi connectivity index (χ4n) is 5.78. The Morgan fingerprint density at radius 3 is 2.45 bits per heavy atom. The highest BCUT2D eigenvalue weighted by Gasteiger charge is 2.55. The van der Waals surface area contributed by atoms with Crippen molar-refractivity contribution in [3.8, 4) is 11.1 Å². The summed E-state index contributed by atoms with van der Waals surface area (Å²) >= 11 is 0. The maximum atomic E-state index is 14.6. The quantitative estimate of drug-likeness (QED) is 0.573. The molecule has 2 aromatic rings. The van der Waals surface area contributed by atoms with Gasteiger partial charge in [0.1, 0.15) is 18.1 Å². The van der Waals surface area contributed by atoms with E-state index in [2.05, 4.69) is 34.1 Å². The van der Waals surface area contributed by atoms with Gasteiger partial charge in [-0.15, -0.1) is 0 Å². The van der Waals surface area contributed by atoms with Crippen molar-refractivity contribution in [2.24, 2.45) is 5.41 Å². The molecule has 3 saturated heterocycles. The van der Waals surface area contributed by atoms with E-state index in [9.17, 15) is 9.18 Å². The largest absolute Gasteiger partial charge is 0.368 e. The van der Waals surface area contributed by atoms with Crippen LogP contribution in [-0.2, 0) is 9.53 Å². The van der Waals surface area contributed by atoms with Gasteiger partial charge in [0.2, 0.25) is 0 Å². The number of carbonyl (C=O) groups is 1. The molecule has 3 heterocycles. The van der Waals surface area contributed by atoms with Crippen LogP contribution >= 0.6 is 0 Å². The number of likely N-dealkylation sites (tertiary alicyclic amines) is 1. The predicted octanol–water partition coefficient (Wildman–Crippen LogP) is 2.88. The van der Waals surface area contributed by atoms with Crippen LogP contribution in [0.4, 0.5) is 4.39 Å². The number of benzene rings is 2. The molecular formula is C25H30FN5O2. The SMILES string of the molecule is O=C([C@H]1CCCO1)N1CCC2(CC1)C[C@@H]2c1ccc(-c2cc(C3NNNN3)ccc2F)cc1.